The van der Waals surface area contributed by atoms with E-state index in [1.807, 2.05) is 18.2 Å². The molecule has 33 heavy (non-hydrogen) atoms. The highest BCUT2D eigenvalue weighted by Gasteiger charge is 2.32. The maximum Gasteiger partial charge on any atom is 0.257 e. The number of piperazine rings is 1. The van der Waals surface area contributed by atoms with Crippen molar-refractivity contribution < 1.29 is 27.8 Å². The van der Waals surface area contributed by atoms with Crippen molar-refractivity contribution in [2.24, 2.45) is 5.92 Å². The van der Waals surface area contributed by atoms with Gasteiger partial charge in [-0.05, 0) is 35.7 Å². The van der Waals surface area contributed by atoms with E-state index in [0.717, 1.165) is 35.7 Å². The van der Waals surface area contributed by atoms with Gasteiger partial charge in [0.25, 0.3) is 5.91 Å². The minimum Gasteiger partial charge on any atom is -0.454 e. The van der Waals surface area contributed by atoms with Gasteiger partial charge in [0.05, 0.1) is 0 Å². The van der Waals surface area contributed by atoms with Gasteiger partial charge < -0.3 is 19.7 Å². The quantitative estimate of drug-likeness (QED) is 0.720. The first kappa shape index (κ1) is 23.0. The lowest BCUT2D eigenvalue weighted by Crippen LogP contribution is -2.56. The highest BCUT2D eigenvalue weighted by Crippen LogP contribution is 2.32. The Morgan fingerprint density at radius 2 is 1.67 bits per heavy atom. The van der Waals surface area contributed by atoms with E-state index in [2.05, 4.69) is 10.2 Å². The number of nitrogens with one attached hydrogen (secondary N) is 1. The Kier molecular flexibility index (Phi) is 6.78. The van der Waals surface area contributed by atoms with Crippen LogP contribution in [-0.4, -0.2) is 60.6 Å². The third-order valence-corrected chi connectivity index (χ3v) is 5.94. The molecule has 2 aromatic carbocycles. The molecule has 0 saturated carbocycles. The van der Waals surface area contributed by atoms with E-state index >= 15 is 0 Å². The van der Waals surface area contributed by atoms with E-state index in [0.29, 0.717) is 26.2 Å². The molecule has 2 aliphatic rings. The average Bonchev–Trinajstić information content (AvgIpc) is 3.25. The van der Waals surface area contributed by atoms with Gasteiger partial charge in [-0.15, -0.1) is 0 Å². The molecule has 0 spiro atoms. The lowest BCUT2D eigenvalue weighted by Gasteiger charge is -2.37. The van der Waals surface area contributed by atoms with E-state index in [1.54, 1.807) is 18.7 Å². The third kappa shape index (κ3) is 5.08. The molecule has 9 heteroatoms. The predicted octanol–water partition coefficient (Wildman–Crippen LogP) is 2.79. The van der Waals surface area contributed by atoms with Gasteiger partial charge in [-0.1, -0.05) is 26.0 Å². The summed E-state index contributed by atoms with van der Waals surface area (Å²) in [6.45, 7) is 6.86. The summed E-state index contributed by atoms with van der Waals surface area (Å²) in [6, 6.07) is 8.20. The first-order valence-electron chi connectivity index (χ1n) is 11.0. The molecule has 1 N–H and O–H groups in total. The van der Waals surface area contributed by atoms with Gasteiger partial charge in [-0.2, -0.15) is 0 Å². The van der Waals surface area contributed by atoms with Crippen molar-refractivity contribution in [3.8, 4) is 11.5 Å². The van der Waals surface area contributed by atoms with Gasteiger partial charge in [0, 0.05) is 32.7 Å². The molecule has 7 nitrogen and oxygen atoms in total. The van der Waals surface area contributed by atoms with Crippen molar-refractivity contribution in [3.63, 3.8) is 0 Å². The normalized spacial score (nSPS) is 16.7. The molecule has 4 rings (SSSR count). The van der Waals surface area contributed by atoms with Gasteiger partial charge in [-0.3, -0.25) is 14.5 Å². The van der Waals surface area contributed by atoms with Gasteiger partial charge in [0.2, 0.25) is 12.7 Å². The van der Waals surface area contributed by atoms with Crippen molar-refractivity contribution in [2.45, 2.75) is 26.4 Å². The Labute approximate surface area is 191 Å². The fourth-order valence-electron chi connectivity index (χ4n) is 4.06. The van der Waals surface area contributed by atoms with Crippen LogP contribution in [0.4, 0.5) is 8.78 Å². The summed E-state index contributed by atoms with van der Waals surface area (Å²) in [6.07, 6.45) is 0. The molecule has 1 fully saturated rings. The summed E-state index contributed by atoms with van der Waals surface area (Å²) in [5.74, 6) is -1.87. The Hall–Kier alpha value is -3.20. The second-order valence-corrected chi connectivity index (χ2v) is 8.58. The Balaban J connectivity index is 1.35. The minimum absolute atomic E-state index is 0.233. The molecule has 0 bridgehead atoms. The van der Waals surface area contributed by atoms with Crippen molar-refractivity contribution in [1.82, 2.24) is 15.1 Å². The molecule has 1 saturated heterocycles. The van der Waals surface area contributed by atoms with E-state index in [-0.39, 0.29) is 18.6 Å². The van der Waals surface area contributed by atoms with Crippen LogP contribution in [0.2, 0.25) is 0 Å². The lowest BCUT2D eigenvalue weighted by atomic mass is 10.0. The van der Waals surface area contributed by atoms with Gasteiger partial charge >= 0.3 is 0 Å². The SMILES string of the molecule is CC(C)C(NC(=O)c1c(F)cccc1F)C(=O)N1CCN(Cc2ccc3c(c2)OCO3)CC1. The van der Waals surface area contributed by atoms with Crippen LogP contribution in [0.25, 0.3) is 0 Å². The average molecular weight is 459 g/mol. The summed E-state index contributed by atoms with van der Waals surface area (Å²) < 4.78 is 38.7. The number of amides is 2. The largest absolute Gasteiger partial charge is 0.454 e. The highest BCUT2D eigenvalue weighted by atomic mass is 19.1. The van der Waals surface area contributed by atoms with E-state index in [1.165, 1.54) is 6.07 Å². The van der Waals surface area contributed by atoms with Crippen molar-refractivity contribution in [2.75, 3.05) is 33.0 Å². The zero-order valence-electron chi connectivity index (χ0n) is 18.6. The molecule has 2 aromatic rings. The Morgan fingerprint density at radius 1 is 1.00 bits per heavy atom. The van der Waals surface area contributed by atoms with Crippen LogP contribution in [-0.2, 0) is 11.3 Å². The summed E-state index contributed by atoms with van der Waals surface area (Å²) in [7, 11) is 0. The van der Waals surface area contributed by atoms with Crippen LogP contribution in [0.5, 0.6) is 11.5 Å². The van der Waals surface area contributed by atoms with Crippen LogP contribution >= 0.6 is 0 Å². The molecule has 2 amide bonds. The molecule has 1 unspecified atom stereocenters. The number of rotatable bonds is 6. The number of carbonyl (C=O) groups excluding carboxylic acids is 2. The Morgan fingerprint density at radius 3 is 2.33 bits per heavy atom. The summed E-state index contributed by atoms with van der Waals surface area (Å²) in [4.78, 5) is 29.6. The van der Waals surface area contributed by atoms with Crippen LogP contribution in [0, 0.1) is 17.6 Å². The second kappa shape index (κ2) is 9.74. The van der Waals surface area contributed by atoms with Gasteiger partial charge in [-0.25, -0.2) is 8.78 Å². The van der Waals surface area contributed by atoms with Gasteiger partial charge in [0.15, 0.2) is 11.5 Å². The number of ether oxygens (including phenoxy) is 2. The number of fused-ring (bicyclic) bond motifs is 1. The monoisotopic (exact) mass is 459 g/mol. The molecular weight excluding hydrogens is 432 g/mol. The molecular formula is C24H27F2N3O4. The number of benzene rings is 2. The zero-order valence-corrected chi connectivity index (χ0v) is 18.6. The van der Waals surface area contributed by atoms with Gasteiger partial charge in [0.1, 0.15) is 23.2 Å². The van der Waals surface area contributed by atoms with Crippen molar-refractivity contribution in [3.05, 3.63) is 59.2 Å². The van der Waals surface area contributed by atoms with Crippen molar-refractivity contribution >= 4 is 11.8 Å². The molecule has 2 aliphatic heterocycles. The lowest BCUT2D eigenvalue weighted by molar-refractivity contribution is -0.136. The van der Waals surface area contributed by atoms with Crippen LogP contribution in [0.1, 0.15) is 29.8 Å². The number of hydrogen-bond donors (Lipinski definition) is 1. The number of carbonyl (C=O) groups is 2. The number of halogens is 2. The number of hydrogen-bond acceptors (Lipinski definition) is 5. The topological polar surface area (TPSA) is 71.1 Å². The second-order valence-electron chi connectivity index (χ2n) is 8.58. The molecule has 0 aliphatic carbocycles. The van der Waals surface area contributed by atoms with E-state index in [9.17, 15) is 18.4 Å². The molecule has 0 aromatic heterocycles. The maximum atomic E-state index is 14.0. The minimum atomic E-state index is -0.959. The standard InChI is InChI=1S/C24H27F2N3O4/c1-15(2)22(27-23(30)21-17(25)4-3-5-18(21)26)24(31)29-10-8-28(9-11-29)13-16-6-7-19-20(12-16)33-14-32-19/h3-7,12,15,22H,8-11,13-14H2,1-2H3,(H,27,30). The maximum absolute atomic E-state index is 14.0. The molecule has 176 valence electrons. The van der Waals surface area contributed by atoms with Crippen molar-refractivity contribution in [1.29, 1.82) is 0 Å². The smallest absolute Gasteiger partial charge is 0.257 e. The zero-order chi connectivity index (χ0) is 23.5. The predicted molar refractivity (Wildman–Crippen MR) is 117 cm³/mol. The van der Waals surface area contributed by atoms with Crippen LogP contribution in [0.3, 0.4) is 0 Å². The van der Waals surface area contributed by atoms with E-state index < -0.39 is 29.1 Å². The highest BCUT2D eigenvalue weighted by molar-refractivity contribution is 5.98. The van der Waals surface area contributed by atoms with Crippen LogP contribution < -0.4 is 14.8 Å². The third-order valence-electron chi connectivity index (χ3n) is 5.94. The molecule has 1 atom stereocenters. The summed E-state index contributed by atoms with van der Waals surface area (Å²) in [5.41, 5.74) is 0.419. The first-order valence-corrected chi connectivity index (χ1v) is 11.0. The molecule has 2 heterocycles. The molecule has 0 radical (unpaired) electrons. The van der Waals surface area contributed by atoms with Crippen LogP contribution in [0.15, 0.2) is 36.4 Å². The Bertz CT molecular complexity index is 1020. The number of nitrogens with zero attached hydrogens (tertiary/aromatic N) is 2. The fourth-order valence-corrected chi connectivity index (χ4v) is 4.06. The summed E-state index contributed by atoms with van der Waals surface area (Å²) in [5, 5.41) is 2.54. The summed E-state index contributed by atoms with van der Waals surface area (Å²) >= 11 is 0. The first-order chi connectivity index (χ1) is 15.8. The van der Waals surface area contributed by atoms with E-state index in [4.69, 9.17) is 9.47 Å². The fraction of sp³-hybridized carbons (Fsp3) is 0.417.